The van der Waals surface area contributed by atoms with Crippen molar-refractivity contribution in [3.05, 3.63) is 35.6 Å². The molecule has 1 aliphatic rings. The van der Waals surface area contributed by atoms with Crippen LogP contribution in [-0.4, -0.2) is 43.7 Å². The molecule has 2 aromatic rings. The Balaban J connectivity index is 1.69. The number of rotatable bonds is 9. The average molecular weight is 452 g/mol. The fourth-order valence-corrected chi connectivity index (χ4v) is 4.46. The van der Waals surface area contributed by atoms with E-state index in [9.17, 15) is 13.2 Å². The van der Waals surface area contributed by atoms with Crippen LogP contribution in [0.15, 0.2) is 33.7 Å². The van der Waals surface area contributed by atoms with Crippen LogP contribution in [0.5, 0.6) is 11.6 Å². The molecule has 0 bridgehead atoms. The molecule has 1 N–H and O–H groups in total. The quantitative estimate of drug-likeness (QED) is 0.582. The van der Waals surface area contributed by atoms with Crippen molar-refractivity contribution < 1.29 is 27.2 Å². The Morgan fingerprint density at radius 1 is 1.29 bits per heavy atom. The van der Waals surface area contributed by atoms with Gasteiger partial charge in [0.2, 0.25) is 10.0 Å². The summed E-state index contributed by atoms with van der Waals surface area (Å²) in [5, 5.41) is 6.44. The van der Waals surface area contributed by atoms with Crippen LogP contribution in [0.4, 0.5) is 4.79 Å². The van der Waals surface area contributed by atoms with Crippen LogP contribution in [0.2, 0.25) is 0 Å². The van der Waals surface area contributed by atoms with Gasteiger partial charge in [0.25, 0.3) is 5.88 Å². The van der Waals surface area contributed by atoms with Gasteiger partial charge in [0, 0.05) is 26.1 Å². The first-order valence-electron chi connectivity index (χ1n) is 10.5. The highest BCUT2D eigenvalue weighted by Crippen LogP contribution is 2.31. The SMILES string of the molecule is CCCCOc1ccc(S(=O)(=O)N2CCc3onc(OC(=O)NCC(C)C)c3C2)cc1. The van der Waals surface area contributed by atoms with Crippen LogP contribution in [0.1, 0.15) is 44.9 Å². The van der Waals surface area contributed by atoms with Gasteiger partial charge in [0.15, 0.2) is 0 Å². The van der Waals surface area contributed by atoms with Crippen molar-refractivity contribution >= 4 is 16.1 Å². The van der Waals surface area contributed by atoms with Gasteiger partial charge in [-0.2, -0.15) is 4.31 Å². The number of sulfonamides is 1. The molecular weight excluding hydrogens is 422 g/mol. The summed E-state index contributed by atoms with van der Waals surface area (Å²) in [6.07, 6.45) is 1.66. The maximum atomic E-state index is 13.1. The lowest BCUT2D eigenvalue weighted by molar-refractivity contribution is 0.194. The van der Waals surface area contributed by atoms with Crippen LogP contribution in [0.3, 0.4) is 0 Å². The Bertz CT molecular complexity index is 985. The van der Waals surface area contributed by atoms with Gasteiger partial charge in [-0.1, -0.05) is 27.2 Å². The number of amides is 1. The molecule has 1 aliphatic heterocycles. The van der Waals surface area contributed by atoms with Crippen LogP contribution in [-0.2, 0) is 23.0 Å². The molecule has 0 spiro atoms. The normalized spacial score (nSPS) is 14.3. The number of ether oxygens (including phenoxy) is 2. The van der Waals surface area contributed by atoms with Crippen molar-refractivity contribution in [2.75, 3.05) is 19.7 Å². The van der Waals surface area contributed by atoms with E-state index in [0.717, 1.165) is 12.8 Å². The summed E-state index contributed by atoms with van der Waals surface area (Å²) in [5.74, 6) is 1.42. The Labute approximate surface area is 182 Å². The Kier molecular flexibility index (Phi) is 7.55. The van der Waals surface area contributed by atoms with Crippen molar-refractivity contribution in [2.45, 2.75) is 51.5 Å². The third-order valence-corrected chi connectivity index (χ3v) is 6.69. The second-order valence-corrected chi connectivity index (χ2v) is 9.75. The molecule has 31 heavy (non-hydrogen) atoms. The number of nitrogens with one attached hydrogen (secondary N) is 1. The van der Waals surface area contributed by atoms with E-state index in [2.05, 4.69) is 17.4 Å². The molecule has 0 saturated heterocycles. The first-order chi connectivity index (χ1) is 14.8. The number of unbranched alkanes of at least 4 members (excludes halogenated alkanes) is 1. The average Bonchev–Trinajstić information content (AvgIpc) is 3.15. The van der Waals surface area contributed by atoms with Gasteiger partial charge in [-0.25, -0.2) is 13.2 Å². The lowest BCUT2D eigenvalue weighted by Crippen LogP contribution is -2.36. The molecule has 0 unspecified atom stereocenters. The summed E-state index contributed by atoms with van der Waals surface area (Å²) in [6, 6.07) is 6.39. The van der Waals surface area contributed by atoms with Crippen molar-refractivity contribution in [1.82, 2.24) is 14.8 Å². The zero-order valence-electron chi connectivity index (χ0n) is 18.1. The van der Waals surface area contributed by atoms with E-state index in [4.69, 9.17) is 14.0 Å². The fraction of sp³-hybridized carbons (Fsp3) is 0.524. The third-order valence-electron chi connectivity index (χ3n) is 4.83. The summed E-state index contributed by atoms with van der Waals surface area (Å²) in [7, 11) is -3.74. The molecule has 0 fully saturated rings. The van der Waals surface area contributed by atoms with Crippen LogP contribution >= 0.6 is 0 Å². The molecule has 2 heterocycles. The number of hydrogen-bond acceptors (Lipinski definition) is 7. The highest BCUT2D eigenvalue weighted by Gasteiger charge is 2.33. The van der Waals surface area contributed by atoms with Gasteiger partial charge >= 0.3 is 6.09 Å². The second-order valence-electron chi connectivity index (χ2n) is 7.82. The number of carbonyl (C=O) groups is 1. The summed E-state index contributed by atoms with van der Waals surface area (Å²) >= 11 is 0. The zero-order chi connectivity index (χ0) is 22.4. The predicted octanol–water partition coefficient (Wildman–Crippen LogP) is 3.34. The Morgan fingerprint density at radius 3 is 2.71 bits per heavy atom. The van der Waals surface area contributed by atoms with Gasteiger partial charge < -0.3 is 19.3 Å². The maximum absolute atomic E-state index is 13.1. The van der Waals surface area contributed by atoms with Gasteiger partial charge in [-0.15, -0.1) is 0 Å². The summed E-state index contributed by atoms with van der Waals surface area (Å²) in [5.41, 5.74) is 0.467. The van der Waals surface area contributed by atoms with E-state index in [-0.39, 0.29) is 29.8 Å². The van der Waals surface area contributed by atoms with E-state index in [1.807, 2.05) is 13.8 Å². The van der Waals surface area contributed by atoms with E-state index in [0.29, 0.717) is 36.6 Å². The first-order valence-corrected chi connectivity index (χ1v) is 11.9. The topological polar surface area (TPSA) is 111 Å². The minimum atomic E-state index is -3.74. The molecular formula is C21H29N3O6S. The molecule has 170 valence electrons. The molecule has 0 saturated carbocycles. The lowest BCUT2D eigenvalue weighted by atomic mass is 10.1. The van der Waals surface area contributed by atoms with Crippen molar-refractivity contribution in [2.24, 2.45) is 5.92 Å². The highest BCUT2D eigenvalue weighted by atomic mass is 32.2. The summed E-state index contributed by atoms with van der Waals surface area (Å²) in [6.45, 7) is 7.32. The molecule has 9 nitrogen and oxygen atoms in total. The van der Waals surface area contributed by atoms with Gasteiger partial charge in [0.1, 0.15) is 11.5 Å². The molecule has 0 radical (unpaired) electrons. The largest absolute Gasteiger partial charge is 0.494 e. The number of aromatic nitrogens is 1. The number of nitrogens with zero attached hydrogens (tertiary/aromatic N) is 2. The van der Waals surface area contributed by atoms with Gasteiger partial charge in [0.05, 0.1) is 17.1 Å². The minimum Gasteiger partial charge on any atom is -0.494 e. The smallest absolute Gasteiger partial charge is 0.414 e. The molecule has 1 aromatic heterocycles. The van der Waals surface area contributed by atoms with E-state index in [1.165, 1.54) is 16.4 Å². The maximum Gasteiger partial charge on any atom is 0.414 e. The number of carbonyl (C=O) groups excluding carboxylic acids is 1. The third kappa shape index (κ3) is 5.76. The molecule has 10 heteroatoms. The van der Waals surface area contributed by atoms with Crippen LogP contribution < -0.4 is 14.8 Å². The van der Waals surface area contributed by atoms with Crippen molar-refractivity contribution in [3.63, 3.8) is 0 Å². The van der Waals surface area contributed by atoms with Crippen LogP contribution in [0, 0.1) is 5.92 Å². The summed E-state index contributed by atoms with van der Waals surface area (Å²) in [4.78, 5) is 12.1. The molecule has 1 aromatic carbocycles. The number of fused-ring (bicyclic) bond motifs is 1. The van der Waals surface area contributed by atoms with Crippen LogP contribution in [0.25, 0.3) is 0 Å². The monoisotopic (exact) mass is 451 g/mol. The molecule has 3 rings (SSSR count). The fourth-order valence-electron chi connectivity index (χ4n) is 3.05. The summed E-state index contributed by atoms with van der Waals surface area (Å²) < 4.78 is 43.7. The minimum absolute atomic E-state index is 0.00386. The Morgan fingerprint density at radius 2 is 2.03 bits per heavy atom. The Hall–Kier alpha value is -2.59. The number of hydrogen-bond donors (Lipinski definition) is 1. The van der Waals surface area contributed by atoms with E-state index in [1.54, 1.807) is 12.1 Å². The standard InChI is InChI=1S/C21H29N3O6S/c1-4-5-12-28-16-6-8-17(9-7-16)31(26,27)24-11-10-19-18(14-24)20(23-30-19)29-21(25)22-13-15(2)3/h6-9,15H,4-5,10-14H2,1-3H3,(H,22,25). The highest BCUT2D eigenvalue weighted by molar-refractivity contribution is 7.89. The lowest BCUT2D eigenvalue weighted by Gasteiger charge is -2.25. The predicted molar refractivity (Wildman–Crippen MR) is 114 cm³/mol. The van der Waals surface area contributed by atoms with E-state index >= 15 is 0 Å². The first kappa shape index (κ1) is 23.1. The number of benzene rings is 1. The second kappa shape index (κ2) is 10.1. The van der Waals surface area contributed by atoms with E-state index < -0.39 is 16.1 Å². The zero-order valence-corrected chi connectivity index (χ0v) is 18.9. The van der Waals surface area contributed by atoms with Gasteiger partial charge in [-0.05, 0) is 41.8 Å². The molecule has 0 atom stereocenters. The van der Waals surface area contributed by atoms with Crippen molar-refractivity contribution in [1.29, 1.82) is 0 Å². The molecule has 1 amide bonds. The van der Waals surface area contributed by atoms with Gasteiger partial charge in [-0.3, -0.25) is 0 Å². The van der Waals surface area contributed by atoms with Crippen molar-refractivity contribution in [3.8, 4) is 11.6 Å². The molecule has 0 aliphatic carbocycles.